The van der Waals surface area contributed by atoms with Crippen LogP contribution in [0.5, 0.6) is 0 Å². The van der Waals surface area contributed by atoms with Gasteiger partial charge < -0.3 is 19.8 Å². The molecule has 1 aromatic carbocycles. The van der Waals surface area contributed by atoms with Crippen LogP contribution >= 0.6 is 0 Å². The molecule has 1 aliphatic heterocycles. The van der Waals surface area contributed by atoms with Crippen molar-refractivity contribution in [3.63, 3.8) is 0 Å². The number of nitrogens with one attached hydrogen (secondary N) is 2. The van der Waals surface area contributed by atoms with Gasteiger partial charge in [-0.05, 0) is 50.2 Å². The highest BCUT2D eigenvalue weighted by Crippen LogP contribution is 2.22. The molecule has 0 radical (unpaired) electrons. The number of likely N-dealkylation sites (tertiary alicyclic amines) is 1. The minimum absolute atomic E-state index is 0.0753. The van der Waals surface area contributed by atoms with Gasteiger partial charge in [0.15, 0.2) is 0 Å². The Bertz CT molecular complexity index is 914. The minimum Gasteiger partial charge on any atom is -0.361 e. The Morgan fingerprint density at radius 1 is 1.36 bits per heavy atom. The van der Waals surface area contributed by atoms with Crippen LogP contribution in [0.2, 0.25) is 0 Å². The zero-order valence-corrected chi connectivity index (χ0v) is 16.5. The van der Waals surface area contributed by atoms with Crippen LogP contribution in [-0.4, -0.2) is 44.6 Å². The molecule has 0 spiro atoms. The van der Waals surface area contributed by atoms with Gasteiger partial charge in [-0.3, -0.25) is 0 Å². The molecular weight excluding hydrogens is 350 g/mol. The fourth-order valence-corrected chi connectivity index (χ4v) is 4.26. The molecule has 2 N–H and O–H groups in total. The van der Waals surface area contributed by atoms with E-state index in [1.54, 1.807) is 6.20 Å². The first kappa shape index (κ1) is 18.6. The van der Waals surface area contributed by atoms with Gasteiger partial charge in [-0.1, -0.05) is 18.2 Å². The van der Waals surface area contributed by atoms with Crippen LogP contribution in [0.1, 0.15) is 36.8 Å². The van der Waals surface area contributed by atoms with Gasteiger partial charge in [0.25, 0.3) is 0 Å². The molecule has 28 heavy (non-hydrogen) atoms. The topological polar surface area (TPSA) is 66.0 Å². The lowest BCUT2D eigenvalue weighted by molar-refractivity contribution is 0.144. The standard InChI is InChI=1S/C22H29N5O/c1-17-5-4-7-20-18(15-25-21(17)20)8-10-24-22(28)27-12-3-2-6-19(27)9-13-26-14-11-23-16-26/h4-5,7,11,14-16,19,25H,2-3,6,8-10,12-13H2,1H3,(H,24,28). The number of benzene rings is 1. The predicted octanol–water partition coefficient (Wildman–Crippen LogP) is 3.87. The quantitative estimate of drug-likeness (QED) is 0.683. The number of urea groups is 1. The number of para-hydroxylation sites is 1. The second-order valence-corrected chi connectivity index (χ2v) is 7.73. The molecule has 6 nitrogen and oxygen atoms in total. The molecule has 1 fully saturated rings. The Hall–Kier alpha value is -2.76. The summed E-state index contributed by atoms with van der Waals surface area (Å²) in [5, 5.41) is 4.40. The summed E-state index contributed by atoms with van der Waals surface area (Å²) < 4.78 is 2.09. The zero-order valence-electron chi connectivity index (χ0n) is 16.5. The smallest absolute Gasteiger partial charge is 0.317 e. The third kappa shape index (κ3) is 4.06. The number of hydrogen-bond acceptors (Lipinski definition) is 2. The third-order valence-electron chi connectivity index (χ3n) is 5.85. The fourth-order valence-electron chi connectivity index (χ4n) is 4.26. The van der Waals surface area contributed by atoms with E-state index in [2.05, 4.69) is 51.2 Å². The van der Waals surface area contributed by atoms with Crippen LogP contribution in [0.4, 0.5) is 4.79 Å². The number of aromatic nitrogens is 3. The highest BCUT2D eigenvalue weighted by atomic mass is 16.2. The maximum absolute atomic E-state index is 12.8. The Kier molecular flexibility index (Phi) is 5.65. The molecule has 0 bridgehead atoms. The number of H-pyrrole nitrogens is 1. The Balaban J connectivity index is 1.32. The van der Waals surface area contributed by atoms with Crippen molar-refractivity contribution in [2.24, 2.45) is 0 Å². The summed E-state index contributed by atoms with van der Waals surface area (Å²) >= 11 is 0. The average Bonchev–Trinajstić information content (AvgIpc) is 3.37. The van der Waals surface area contributed by atoms with Crippen LogP contribution in [-0.2, 0) is 13.0 Å². The maximum Gasteiger partial charge on any atom is 0.317 e. The molecule has 3 heterocycles. The van der Waals surface area contributed by atoms with E-state index in [4.69, 9.17) is 0 Å². The lowest BCUT2D eigenvalue weighted by atomic mass is 9.99. The van der Waals surface area contributed by atoms with Crippen LogP contribution < -0.4 is 5.32 Å². The van der Waals surface area contributed by atoms with Gasteiger partial charge in [-0.2, -0.15) is 0 Å². The Morgan fingerprint density at radius 2 is 2.29 bits per heavy atom. The average molecular weight is 380 g/mol. The number of carbonyl (C=O) groups is 1. The van der Waals surface area contributed by atoms with Crippen LogP contribution in [0.25, 0.3) is 10.9 Å². The molecule has 6 heteroatoms. The fraction of sp³-hybridized carbons (Fsp3) is 0.455. The highest BCUT2D eigenvalue weighted by molar-refractivity contribution is 5.86. The van der Waals surface area contributed by atoms with Gasteiger partial charge in [-0.25, -0.2) is 9.78 Å². The number of rotatable bonds is 6. The maximum atomic E-state index is 12.8. The van der Waals surface area contributed by atoms with Crippen molar-refractivity contribution < 1.29 is 4.79 Å². The van der Waals surface area contributed by atoms with Crippen molar-refractivity contribution in [2.45, 2.75) is 51.6 Å². The first-order valence-electron chi connectivity index (χ1n) is 10.3. The molecule has 1 atom stereocenters. The zero-order chi connectivity index (χ0) is 19.3. The summed E-state index contributed by atoms with van der Waals surface area (Å²) in [4.78, 5) is 22.3. The van der Waals surface area contributed by atoms with Crippen molar-refractivity contribution in [2.75, 3.05) is 13.1 Å². The summed E-state index contributed by atoms with van der Waals surface area (Å²) in [6.07, 6.45) is 12.9. The van der Waals surface area contributed by atoms with Gasteiger partial charge in [0, 0.05) is 55.2 Å². The van der Waals surface area contributed by atoms with E-state index in [0.29, 0.717) is 12.6 Å². The monoisotopic (exact) mass is 379 g/mol. The number of aryl methyl sites for hydroxylation is 2. The lowest BCUT2D eigenvalue weighted by Crippen LogP contribution is -2.49. The van der Waals surface area contributed by atoms with Crippen molar-refractivity contribution in [1.82, 2.24) is 24.8 Å². The minimum atomic E-state index is 0.0753. The molecule has 1 unspecified atom stereocenters. The highest BCUT2D eigenvalue weighted by Gasteiger charge is 2.26. The summed E-state index contributed by atoms with van der Waals surface area (Å²) in [7, 11) is 0. The largest absolute Gasteiger partial charge is 0.361 e. The summed E-state index contributed by atoms with van der Waals surface area (Å²) in [5.41, 5.74) is 3.70. The Labute approximate surface area is 165 Å². The van der Waals surface area contributed by atoms with E-state index in [0.717, 1.165) is 38.8 Å². The van der Waals surface area contributed by atoms with Gasteiger partial charge >= 0.3 is 6.03 Å². The summed E-state index contributed by atoms with van der Waals surface area (Å²) in [6.45, 7) is 4.53. The van der Waals surface area contributed by atoms with Crippen molar-refractivity contribution in [3.8, 4) is 0 Å². The molecule has 0 saturated carbocycles. The molecule has 2 amide bonds. The van der Waals surface area contributed by atoms with Gasteiger partial charge in [0.05, 0.1) is 6.33 Å². The normalized spacial score (nSPS) is 17.2. The van der Waals surface area contributed by atoms with E-state index in [9.17, 15) is 4.79 Å². The van der Waals surface area contributed by atoms with E-state index in [-0.39, 0.29) is 6.03 Å². The number of carbonyl (C=O) groups excluding carboxylic acids is 1. The second-order valence-electron chi connectivity index (χ2n) is 7.73. The number of imidazole rings is 1. The SMILES string of the molecule is Cc1cccc2c(CCNC(=O)N3CCCCC3CCn3ccnc3)c[nH]c12. The van der Waals surface area contributed by atoms with Gasteiger partial charge in [0.2, 0.25) is 0 Å². The van der Waals surface area contributed by atoms with E-state index in [1.165, 1.54) is 28.5 Å². The molecule has 2 aromatic heterocycles. The summed E-state index contributed by atoms with van der Waals surface area (Å²) in [5.74, 6) is 0. The van der Waals surface area contributed by atoms with E-state index < -0.39 is 0 Å². The van der Waals surface area contributed by atoms with Crippen LogP contribution in [0.15, 0.2) is 43.1 Å². The van der Waals surface area contributed by atoms with Gasteiger partial charge in [-0.15, -0.1) is 0 Å². The Morgan fingerprint density at radius 3 is 3.14 bits per heavy atom. The molecule has 148 valence electrons. The van der Waals surface area contributed by atoms with Crippen molar-refractivity contribution in [1.29, 1.82) is 0 Å². The first-order valence-corrected chi connectivity index (χ1v) is 10.3. The number of fused-ring (bicyclic) bond motifs is 1. The molecule has 1 saturated heterocycles. The summed E-state index contributed by atoms with van der Waals surface area (Å²) in [6, 6.07) is 6.74. The van der Waals surface area contributed by atoms with Crippen LogP contribution in [0, 0.1) is 6.92 Å². The van der Waals surface area contributed by atoms with Crippen LogP contribution in [0.3, 0.4) is 0 Å². The van der Waals surface area contributed by atoms with E-state index in [1.807, 2.05) is 17.4 Å². The predicted molar refractivity (Wildman–Crippen MR) is 111 cm³/mol. The first-order chi connectivity index (χ1) is 13.7. The number of piperidine rings is 1. The second kappa shape index (κ2) is 8.50. The number of amides is 2. The third-order valence-corrected chi connectivity index (χ3v) is 5.85. The molecular formula is C22H29N5O. The van der Waals surface area contributed by atoms with Crippen molar-refractivity contribution >= 4 is 16.9 Å². The number of nitrogens with zero attached hydrogens (tertiary/aromatic N) is 3. The molecule has 3 aromatic rings. The molecule has 4 rings (SSSR count). The lowest BCUT2D eigenvalue weighted by Gasteiger charge is -2.36. The molecule has 0 aliphatic carbocycles. The van der Waals surface area contributed by atoms with Gasteiger partial charge in [0.1, 0.15) is 0 Å². The van der Waals surface area contributed by atoms with Crippen molar-refractivity contribution in [3.05, 3.63) is 54.2 Å². The number of aromatic amines is 1. The molecule has 1 aliphatic rings. The number of hydrogen-bond donors (Lipinski definition) is 2. The van der Waals surface area contributed by atoms with E-state index >= 15 is 0 Å².